The molecule has 0 bridgehead atoms. The molecule has 0 fully saturated rings. The molecule has 2 N–H and O–H groups in total. The average molecular weight is 294 g/mol. The van der Waals surface area contributed by atoms with Gasteiger partial charge in [0, 0.05) is 24.0 Å². The summed E-state index contributed by atoms with van der Waals surface area (Å²) in [5.41, 5.74) is 1.07. The Labute approximate surface area is 120 Å². The Hall–Kier alpha value is -2.34. The number of aryl methyl sites for hydroxylation is 2. The summed E-state index contributed by atoms with van der Waals surface area (Å²) in [4.78, 5) is 23.1. The van der Waals surface area contributed by atoms with E-state index in [1.54, 1.807) is 25.2 Å². The summed E-state index contributed by atoms with van der Waals surface area (Å²) in [5.74, 6) is -1.80. The second-order valence-corrected chi connectivity index (χ2v) is 4.70. The van der Waals surface area contributed by atoms with Crippen molar-refractivity contribution in [1.29, 1.82) is 0 Å². The van der Waals surface area contributed by atoms with Crippen molar-refractivity contribution in [3.63, 3.8) is 0 Å². The lowest BCUT2D eigenvalue weighted by atomic mass is 10.2. The molecular formula is C13H12ClN3O3. The third-order valence-corrected chi connectivity index (χ3v) is 3.11. The molecule has 1 aromatic carbocycles. The molecule has 0 aliphatic carbocycles. The van der Waals surface area contributed by atoms with Crippen molar-refractivity contribution < 1.29 is 14.7 Å². The molecule has 0 saturated carbocycles. The number of nitrogens with zero attached hydrogens (tertiary/aromatic N) is 2. The van der Waals surface area contributed by atoms with Crippen LogP contribution in [0.4, 0.5) is 5.69 Å². The fourth-order valence-electron chi connectivity index (χ4n) is 1.67. The molecular weight excluding hydrogens is 282 g/mol. The number of rotatable bonds is 3. The first-order valence-electron chi connectivity index (χ1n) is 5.73. The number of benzene rings is 1. The maximum Gasteiger partial charge on any atom is 0.339 e. The summed E-state index contributed by atoms with van der Waals surface area (Å²) in [6.45, 7) is 1.84. The van der Waals surface area contributed by atoms with Crippen LogP contribution in [0.1, 0.15) is 26.4 Å². The highest BCUT2D eigenvalue weighted by atomic mass is 35.5. The molecule has 0 atom stereocenters. The summed E-state index contributed by atoms with van der Waals surface area (Å²) in [5, 5.41) is 16.0. The summed E-state index contributed by atoms with van der Waals surface area (Å²) in [6, 6.07) is 5.04. The van der Waals surface area contributed by atoms with Crippen molar-refractivity contribution in [3.8, 4) is 0 Å². The molecule has 0 spiro atoms. The van der Waals surface area contributed by atoms with Crippen molar-refractivity contribution >= 4 is 29.2 Å². The first-order valence-corrected chi connectivity index (χ1v) is 6.10. The Balaban J connectivity index is 2.28. The van der Waals surface area contributed by atoms with E-state index in [9.17, 15) is 9.59 Å². The van der Waals surface area contributed by atoms with Crippen LogP contribution in [0.25, 0.3) is 0 Å². The average Bonchev–Trinajstić information content (AvgIpc) is 2.76. The normalized spacial score (nSPS) is 10.3. The number of carbonyl (C=O) groups excluding carboxylic acids is 1. The van der Waals surface area contributed by atoms with E-state index < -0.39 is 11.9 Å². The van der Waals surface area contributed by atoms with Crippen LogP contribution in [-0.4, -0.2) is 26.8 Å². The zero-order chi connectivity index (χ0) is 14.9. The monoisotopic (exact) mass is 293 g/mol. The number of hydrogen-bond donors (Lipinski definition) is 2. The predicted molar refractivity (Wildman–Crippen MR) is 74.3 cm³/mol. The predicted octanol–water partition coefficient (Wildman–Crippen LogP) is 2.33. The van der Waals surface area contributed by atoms with Gasteiger partial charge in [-0.15, -0.1) is 0 Å². The lowest BCUT2D eigenvalue weighted by Crippen LogP contribution is -2.16. The van der Waals surface area contributed by atoms with Gasteiger partial charge in [0.25, 0.3) is 5.91 Å². The van der Waals surface area contributed by atoms with Crippen molar-refractivity contribution in [2.75, 3.05) is 5.32 Å². The fourth-order valence-corrected chi connectivity index (χ4v) is 1.85. The Morgan fingerprint density at radius 1 is 1.40 bits per heavy atom. The first-order chi connectivity index (χ1) is 9.38. The number of halogens is 1. The van der Waals surface area contributed by atoms with Crippen LogP contribution in [0.3, 0.4) is 0 Å². The maximum absolute atomic E-state index is 12.1. The number of nitrogens with one attached hydrogen (secondary N) is 1. The van der Waals surface area contributed by atoms with E-state index in [-0.39, 0.29) is 11.3 Å². The zero-order valence-corrected chi connectivity index (χ0v) is 11.6. The van der Waals surface area contributed by atoms with E-state index in [1.807, 2.05) is 6.92 Å². The van der Waals surface area contributed by atoms with Crippen molar-refractivity contribution in [2.45, 2.75) is 6.92 Å². The van der Waals surface area contributed by atoms with Gasteiger partial charge in [0.2, 0.25) is 0 Å². The van der Waals surface area contributed by atoms with Crippen LogP contribution >= 0.6 is 11.6 Å². The number of anilines is 1. The highest BCUT2D eigenvalue weighted by Gasteiger charge is 2.21. The number of aromatic carboxylic acids is 1. The molecule has 0 aliphatic rings. The largest absolute Gasteiger partial charge is 0.478 e. The number of hydrogen-bond acceptors (Lipinski definition) is 3. The van der Waals surface area contributed by atoms with E-state index in [2.05, 4.69) is 10.4 Å². The SMILES string of the molecule is Cc1ccc(NC(=O)c2nn(C)cc2C(=O)O)cc1Cl. The van der Waals surface area contributed by atoms with Gasteiger partial charge in [-0.2, -0.15) is 5.10 Å². The van der Waals surface area contributed by atoms with Crippen LogP contribution in [-0.2, 0) is 7.05 Å². The zero-order valence-electron chi connectivity index (χ0n) is 10.8. The van der Waals surface area contributed by atoms with Crippen LogP contribution in [0.15, 0.2) is 24.4 Å². The maximum atomic E-state index is 12.1. The van der Waals surface area contributed by atoms with Crippen molar-refractivity contribution in [1.82, 2.24) is 9.78 Å². The lowest BCUT2D eigenvalue weighted by Gasteiger charge is -2.05. The molecule has 6 nitrogen and oxygen atoms in total. The van der Waals surface area contributed by atoms with Gasteiger partial charge < -0.3 is 10.4 Å². The van der Waals surface area contributed by atoms with E-state index >= 15 is 0 Å². The van der Waals surface area contributed by atoms with Crippen LogP contribution in [0.2, 0.25) is 5.02 Å². The Kier molecular flexibility index (Phi) is 3.76. The van der Waals surface area contributed by atoms with E-state index in [0.29, 0.717) is 10.7 Å². The van der Waals surface area contributed by atoms with Crippen LogP contribution in [0.5, 0.6) is 0 Å². The fraction of sp³-hybridized carbons (Fsp3) is 0.154. The smallest absolute Gasteiger partial charge is 0.339 e. The van der Waals surface area contributed by atoms with Crippen molar-refractivity contribution in [3.05, 3.63) is 46.2 Å². The van der Waals surface area contributed by atoms with Crippen molar-refractivity contribution in [2.24, 2.45) is 7.05 Å². The van der Waals surface area contributed by atoms with Gasteiger partial charge in [0.05, 0.1) is 0 Å². The van der Waals surface area contributed by atoms with Gasteiger partial charge in [-0.1, -0.05) is 17.7 Å². The van der Waals surface area contributed by atoms with Gasteiger partial charge in [-0.25, -0.2) is 4.79 Å². The summed E-state index contributed by atoms with van der Waals surface area (Å²) >= 11 is 5.96. The molecule has 1 aromatic heterocycles. The number of amides is 1. The minimum atomic E-state index is -1.20. The molecule has 1 amide bonds. The van der Waals surface area contributed by atoms with Gasteiger partial charge in [0.1, 0.15) is 5.56 Å². The number of carboxylic acids is 1. The molecule has 0 aliphatic heterocycles. The molecule has 104 valence electrons. The van der Waals surface area contributed by atoms with E-state index in [4.69, 9.17) is 16.7 Å². The highest BCUT2D eigenvalue weighted by molar-refractivity contribution is 6.31. The standard InChI is InChI=1S/C13H12ClN3O3/c1-7-3-4-8(5-10(7)14)15-12(18)11-9(13(19)20)6-17(2)16-11/h3-6H,1-2H3,(H,15,18)(H,19,20). The molecule has 0 unspecified atom stereocenters. The first kappa shape index (κ1) is 14.1. The van der Waals surface area contributed by atoms with E-state index in [1.165, 1.54) is 10.9 Å². The van der Waals surface area contributed by atoms with Gasteiger partial charge in [-0.3, -0.25) is 9.48 Å². The highest BCUT2D eigenvalue weighted by Crippen LogP contribution is 2.20. The molecule has 7 heteroatoms. The van der Waals surface area contributed by atoms with Gasteiger partial charge >= 0.3 is 5.97 Å². The minimum absolute atomic E-state index is 0.142. The van der Waals surface area contributed by atoms with E-state index in [0.717, 1.165) is 5.56 Å². The second kappa shape index (κ2) is 5.34. The summed E-state index contributed by atoms with van der Waals surface area (Å²) in [6.07, 6.45) is 1.28. The Bertz CT molecular complexity index is 694. The summed E-state index contributed by atoms with van der Waals surface area (Å²) < 4.78 is 1.28. The molecule has 0 radical (unpaired) electrons. The third-order valence-electron chi connectivity index (χ3n) is 2.70. The molecule has 0 saturated heterocycles. The quantitative estimate of drug-likeness (QED) is 0.909. The van der Waals surface area contributed by atoms with Gasteiger partial charge in [-0.05, 0) is 24.6 Å². The Morgan fingerprint density at radius 3 is 2.70 bits per heavy atom. The Morgan fingerprint density at radius 2 is 2.10 bits per heavy atom. The lowest BCUT2D eigenvalue weighted by molar-refractivity contribution is 0.0692. The number of aromatic nitrogens is 2. The number of carbonyl (C=O) groups is 2. The number of carboxylic acid groups (broad SMARTS) is 1. The third kappa shape index (κ3) is 2.80. The topological polar surface area (TPSA) is 84.2 Å². The molecule has 2 rings (SSSR count). The van der Waals surface area contributed by atoms with Crippen LogP contribution < -0.4 is 5.32 Å². The molecule has 20 heavy (non-hydrogen) atoms. The van der Waals surface area contributed by atoms with Crippen LogP contribution in [0, 0.1) is 6.92 Å². The van der Waals surface area contributed by atoms with Gasteiger partial charge in [0.15, 0.2) is 5.69 Å². The second-order valence-electron chi connectivity index (χ2n) is 4.29. The molecule has 2 aromatic rings. The minimum Gasteiger partial charge on any atom is -0.478 e. The summed E-state index contributed by atoms with van der Waals surface area (Å²) in [7, 11) is 1.55. The molecule has 1 heterocycles.